The number of hydrogen-bond acceptors (Lipinski definition) is 3. The fourth-order valence-corrected chi connectivity index (χ4v) is 3.61. The largest absolute Gasteiger partial charge is 0.494 e. The van der Waals surface area contributed by atoms with Crippen molar-refractivity contribution in [1.82, 2.24) is 4.31 Å². The number of sulfonamides is 1. The summed E-state index contributed by atoms with van der Waals surface area (Å²) in [5.74, 6) is 0.674. The molecule has 0 aliphatic heterocycles. The highest BCUT2D eigenvalue weighted by atomic mass is 32.2. The molecule has 0 saturated carbocycles. The number of rotatable bonds is 7. The Labute approximate surface area is 132 Å². The average molecular weight is 319 g/mol. The summed E-state index contributed by atoms with van der Waals surface area (Å²) in [7, 11) is -3.50. The van der Waals surface area contributed by atoms with Crippen LogP contribution in [0, 0.1) is 0 Å². The summed E-state index contributed by atoms with van der Waals surface area (Å²) in [4.78, 5) is 0.286. The van der Waals surface area contributed by atoms with E-state index >= 15 is 0 Å². The van der Waals surface area contributed by atoms with Gasteiger partial charge in [-0.1, -0.05) is 37.3 Å². The van der Waals surface area contributed by atoms with E-state index in [1.54, 1.807) is 24.3 Å². The molecule has 0 heterocycles. The minimum absolute atomic E-state index is 0.286. The van der Waals surface area contributed by atoms with Crippen molar-refractivity contribution in [3.05, 3.63) is 60.2 Å². The van der Waals surface area contributed by atoms with Crippen molar-refractivity contribution in [1.29, 1.82) is 0 Å². The molecule has 2 aromatic rings. The quantitative estimate of drug-likeness (QED) is 0.786. The first kappa shape index (κ1) is 16.5. The van der Waals surface area contributed by atoms with Gasteiger partial charge in [-0.3, -0.25) is 0 Å². The molecule has 0 fully saturated rings. The normalized spacial score (nSPS) is 11.6. The van der Waals surface area contributed by atoms with Crippen LogP contribution in [0.3, 0.4) is 0 Å². The third-order valence-corrected chi connectivity index (χ3v) is 5.26. The molecule has 0 aliphatic carbocycles. The van der Waals surface area contributed by atoms with Crippen molar-refractivity contribution in [3.8, 4) is 5.75 Å². The molecule has 5 heteroatoms. The zero-order chi connectivity index (χ0) is 16.0. The predicted molar refractivity (Wildman–Crippen MR) is 87.3 cm³/mol. The van der Waals surface area contributed by atoms with Gasteiger partial charge in [0, 0.05) is 13.1 Å². The monoisotopic (exact) mass is 319 g/mol. The molecule has 0 spiro atoms. The van der Waals surface area contributed by atoms with Gasteiger partial charge >= 0.3 is 0 Å². The van der Waals surface area contributed by atoms with Crippen LogP contribution in [0.25, 0.3) is 0 Å². The second-order valence-corrected chi connectivity index (χ2v) is 6.76. The van der Waals surface area contributed by atoms with E-state index in [1.165, 1.54) is 4.31 Å². The lowest BCUT2D eigenvalue weighted by molar-refractivity contribution is 0.340. The van der Waals surface area contributed by atoms with Crippen molar-refractivity contribution in [3.63, 3.8) is 0 Å². The van der Waals surface area contributed by atoms with E-state index in [2.05, 4.69) is 0 Å². The highest BCUT2D eigenvalue weighted by Gasteiger charge is 2.23. The van der Waals surface area contributed by atoms with Gasteiger partial charge in [0.25, 0.3) is 0 Å². The minimum atomic E-state index is -3.50. The summed E-state index contributed by atoms with van der Waals surface area (Å²) in [5.41, 5.74) is 0.971. The molecule has 2 aromatic carbocycles. The van der Waals surface area contributed by atoms with Crippen molar-refractivity contribution in [2.75, 3.05) is 13.2 Å². The van der Waals surface area contributed by atoms with Crippen molar-refractivity contribution < 1.29 is 13.2 Å². The van der Waals surface area contributed by atoms with Crippen molar-refractivity contribution >= 4 is 10.0 Å². The summed E-state index contributed by atoms with van der Waals surface area (Å²) in [6.07, 6.45) is 0. The molecular weight excluding hydrogens is 298 g/mol. The molecule has 0 radical (unpaired) electrons. The number of ether oxygens (including phenoxy) is 1. The van der Waals surface area contributed by atoms with Crippen LogP contribution in [0.5, 0.6) is 5.75 Å². The predicted octanol–water partition coefficient (Wildman–Crippen LogP) is 3.30. The standard InChI is InChI=1S/C17H21NO3S/c1-3-18(14-15-8-6-5-7-9-15)22(19,20)17-12-10-16(11-13-17)21-4-2/h5-13H,3-4,14H2,1-2H3. The van der Waals surface area contributed by atoms with Crippen LogP contribution in [-0.2, 0) is 16.6 Å². The van der Waals surface area contributed by atoms with E-state index in [-0.39, 0.29) is 4.90 Å². The van der Waals surface area contributed by atoms with E-state index in [9.17, 15) is 8.42 Å². The summed E-state index contributed by atoms with van der Waals surface area (Å²) in [5, 5.41) is 0. The first-order valence-corrected chi connectivity index (χ1v) is 8.79. The fraction of sp³-hybridized carbons (Fsp3) is 0.294. The molecule has 0 aliphatic rings. The minimum Gasteiger partial charge on any atom is -0.494 e. The molecule has 118 valence electrons. The van der Waals surface area contributed by atoms with Gasteiger partial charge in [0.1, 0.15) is 5.75 Å². The molecule has 0 unspecified atom stereocenters. The lowest BCUT2D eigenvalue weighted by Crippen LogP contribution is -2.30. The van der Waals surface area contributed by atoms with E-state index in [1.807, 2.05) is 44.2 Å². The number of benzene rings is 2. The maximum Gasteiger partial charge on any atom is 0.243 e. The van der Waals surface area contributed by atoms with Crippen molar-refractivity contribution in [2.45, 2.75) is 25.3 Å². The SMILES string of the molecule is CCOc1ccc(S(=O)(=O)N(CC)Cc2ccccc2)cc1. The Hall–Kier alpha value is -1.85. The zero-order valence-corrected chi connectivity index (χ0v) is 13.7. The lowest BCUT2D eigenvalue weighted by Gasteiger charge is -2.20. The van der Waals surface area contributed by atoms with Gasteiger partial charge in [0.2, 0.25) is 10.0 Å². The summed E-state index contributed by atoms with van der Waals surface area (Å²) < 4.78 is 32.3. The van der Waals surface area contributed by atoms with Gasteiger partial charge in [-0.05, 0) is 36.8 Å². The molecule has 22 heavy (non-hydrogen) atoms. The van der Waals surface area contributed by atoms with Gasteiger partial charge < -0.3 is 4.74 Å². The zero-order valence-electron chi connectivity index (χ0n) is 12.9. The highest BCUT2D eigenvalue weighted by molar-refractivity contribution is 7.89. The molecule has 2 rings (SSSR count). The Morgan fingerprint density at radius 1 is 0.955 bits per heavy atom. The van der Waals surface area contributed by atoms with Crippen LogP contribution in [0.2, 0.25) is 0 Å². The van der Waals surface area contributed by atoms with Gasteiger partial charge in [-0.15, -0.1) is 0 Å². The van der Waals surface area contributed by atoms with Crippen LogP contribution >= 0.6 is 0 Å². The Morgan fingerprint density at radius 2 is 1.59 bits per heavy atom. The van der Waals surface area contributed by atoms with Gasteiger partial charge in [-0.25, -0.2) is 8.42 Å². The Kier molecular flexibility index (Phi) is 5.57. The van der Waals surface area contributed by atoms with E-state index in [0.717, 1.165) is 5.56 Å². The fourth-order valence-electron chi connectivity index (χ4n) is 2.18. The van der Waals surface area contributed by atoms with E-state index in [4.69, 9.17) is 4.74 Å². The summed E-state index contributed by atoms with van der Waals surface area (Å²) in [6.45, 7) is 5.08. The molecule has 4 nitrogen and oxygen atoms in total. The summed E-state index contributed by atoms with van der Waals surface area (Å²) >= 11 is 0. The second-order valence-electron chi connectivity index (χ2n) is 4.82. The van der Waals surface area contributed by atoms with Crippen molar-refractivity contribution in [2.24, 2.45) is 0 Å². The Morgan fingerprint density at radius 3 is 2.14 bits per heavy atom. The highest BCUT2D eigenvalue weighted by Crippen LogP contribution is 2.21. The number of hydrogen-bond donors (Lipinski definition) is 0. The maximum atomic E-state index is 12.7. The summed E-state index contributed by atoms with van der Waals surface area (Å²) in [6, 6.07) is 16.1. The van der Waals surface area contributed by atoms with Gasteiger partial charge in [-0.2, -0.15) is 4.31 Å². The van der Waals surface area contributed by atoms with Crippen LogP contribution in [0.4, 0.5) is 0 Å². The maximum absolute atomic E-state index is 12.7. The average Bonchev–Trinajstić information content (AvgIpc) is 2.54. The third-order valence-electron chi connectivity index (χ3n) is 3.33. The van der Waals surface area contributed by atoms with Gasteiger partial charge in [0.15, 0.2) is 0 Å². The Bertz CT molecular complexity index is 682. The van der Waals surface area contributed by atoms with Gasteiger partial charge in [0.05, 0.1) is 11.5 Å². The van der Waals surface area contributed by atoms with E-state index < -0.39 is 10.0 Å². The molecule has 0 N–H and O–H groups in total. The lowest BCUT2D eigenvalue weighted by atomic mass is 10.2. The van der Waals surface area contributed by atoms with Crippen LogP contribution in [0.15, 0.2) is 59.5 Å². The van der Waals surface area contributed by atoms with E-state index in [0.29, 0.717) is 25.4 Å². The molecule has 0 saturated heterocycles. The molecule has 0 aromatic heterocycles. The number of nitrogens with zero attached hydrogens (tertiary/aromatic N) is 1. The van der Waals surface area contributed by atoms with Crippen LogP contribution in [-0.4, -0.2) is 25.9 Å². The topological polar surface area (TPSA) is 46.6 Å². The molecule has 0 atom stereocenters. The molecule has 0 bridgehead atoms. The second kappa shape index (κ2) is 7.42. The molecular formula is C17H21NO3S. The third kappa shape index (κ3) is 3.87. The smallest absolute Gasteiger partial charge is 0.243 e. The first-order valence-electron chi connectivity index (χ1n) is 7.35. The van der Waals surface area contributed by atoms with Crippen LogP contribution < -0.4 is 4.74 Å². The van der Waals surface area contributed by atoms with Crippen LogP contribution in [0.1, 0.15) is 19.4 Å². The first-order chi connectivity index (χ1) is 10.6. The Balaban J connectivity index is 2.22. The molecule has 0 amide bonds.